The third-order valence-corrected chi connectivity index (χ3v) is 0.731. The van der Waals surface area contributed by atoms with Gasteiger partial charge in [0.25, 0.3) is 0 Å². The zero-order valence-electron chi connectivity index (χ0n) is 4.09. The maximum atomic E-state index is 4.45. The van der Waals surface area contributed by atoms with Gasteiger partial charge in [0.1, 0.15) is 7.11 Å². The molecule has 0 atom stereocenters. The van der Waals surface area contributed by atoms with Crippen molar-refractivity contribution in [1.29, 1.82) is 0 Å². The highest BCUT2D eigenvalue weighted by Crippen LogP contribution is 2.00. The molecule has 1 rings (SSSR count). The second-order valence-corrected chi connectivity index (χ2v) is 1.22. The van der Waals surface area contributed by atoms with Crippen molar-refractivity contribution in [2.45, 2.75) is 0 Å². The summed E-state index contributed by atoms with van der Waals surface area (Å²) in [7, 11) is 1.53. The number of oxime groups is 1. The van der Waals surface area contributed by atoms with Gasteiger partial charge < -0.3 is 4.84 Å². The van der Waals surface area contributed by atoms with Crippen LogP contribution in [0.25, 0.3) is 0 Å². The van der Waals surface area contributed by atoms with Crippen molar-refractivity contribution < 1.29 is 4.84 Å². The molecule has 0 aromatic heterocycles. The van der Waals surface area contributed by atoms with Gasteiger partial charge in [0, 0.05) is 6.42 Å². The van der Waals surface area contributed by atoms with E-state index in [1.165, 1.54) is 7.11 Å². The molecule has 0 aromatic carbocycles. The molecule has 0 spiro atoms. The van der Waals surface area contributed by atoms with E-state index in [0.29, 0.717) is 0 Å². The summed E-state index contributed by atoms with van der Waals surface area (Å²) in [6, 6.07) is 0. The summed E-state index contributed by atoms with van der Waals surface area (Å²) in [5, 5.41) is 3.60. The third kappa shape index (κ3) is 0.796. The van der Waals surface area contributed by atoms with Gasteiger partial charge in [-0.15, -0.1) is 0 Å². The Balaban J connectivity index is 2.40. The standard InChI is InChI=1S/C5H6NO/c1-7-6-5-3-2-4-5/h2-4H,1H3. The molecule has 1 aliphatic carbocycles. The normalized spacial score (nSPS) is 22.1. The van der Waals surface area contributed by atoms with E-state index in [-0.39, 0.29) is 0 Å². The Morgan fingerprint density at radius 2 is 2.43 bits per heavy atom. The minimum absolute atomic E-state index is 0.905. The van der Waals surface area contributed by atoms with Crippen LogP contribution in [0.5, 0.6) is 0 Å². The van der Waals surface area contributed by atoms with E-state index in [0.717, 1.165) is 5.71 Å². The summed E-state index contributed by atoms with van der Waals surface area (Å²) in [4.78, 5) is 4.45. The highest BCUT2D eigenvalue weighted by Gasteiger charge is 1.99. The van der Waals surface area contributed by atoms with Crippen molar-refractivity contribution in [2.24, 2.45) is 5.16 Å². The van der Waals surface area contributed by atoms with Crippen molar-refractivity contribution in [3.05, 3.63) is 18.6 Å². The molecule has 0 aromatic rings. The Labute approximate surface area is 42.5 Å². The molecule has 0 saturated heterocycles. The summed E-state index contributed by atoms with van der Waals surface area (Å²) in [6.07, 6.45) is 5.67. The van der Waals surface area contributed by atoms with Crippen molar-refractivity contribution >= 4 is 5.71 Å². The molecule has 0 unspecified atom stereocenters. The first-order valence-corrected chi connectivity index (χ1v) is 2.06. The molecule has 1 aliphatic rings. The number of nitrogens with zero attached hydrogens (tertiary/aromatic N) is 1. The first-order chi connectivity index (χ1) is 3.43. The summed E-state index contributed by atoms with van der Waals surface area (Å²) >= 11 is 0. The van der Waals surface area contributed by atoms with E-state index < -0.39 is 0 Å². The van der Waals surface area contributed by atoms with Crippen LogP contribution in [-0.2, 0) is 4.84 Å². The van der Waals surface area contributed by atoms with Gasteiger partial charge in [-0.3, -0.25) is 0 Å². The first-order valence-electron chi connectivity index (χ1n) is 2.06. The van der Waals surface area contributed by atoms with Crippen LogP contribution in [0.15, 0.2) is 17.3 Å². The van der Waals surface area contributed by atoms with Gasteiger partial charge in [-0.05, 0) is 6.08 Å². The quantitative estimate of drug-likeness (QED) is 0.442. The molecular formula is C5H6NO. The second-order valence-electron chi connectivity index (χ2n) is 1.22. The van der Waals surface area contributed by atoms with Gasteiger partial charge in [0.2, 0.25) is 0 Å². The molecular weight excluding hydrogens is 90.1 g/mol. The molecule has 2 heteroatoms. The van der Waals surface area contributed by atoms with Crippen LogP contribution in [0.2, 0.25) is 0 Å². The van der Waals surface area contributed by atoms with Gasteiger partial charge in [-0.1, -0.05) is 11.2 Å². The SMILES string of the molecule is CON=C1[CH]C=C1. The molecule has 0 bridgehead atoms. The Hall–Kier alpha value is -0.790. The molecule has 7 heavy (non-hydrogen) atoms. The topological polar surface area (TPSA) is 21.6 Å². The van der Waals surface area contributed by atoms with Gasteiger partial charge in [0.05, 0.1) is 5.71 Å². The highest BCUT2D eigenvalue weighted by atomic mass is 16.6. The predicted molar refractivity (Wildman–Crippen MR) is 27.9 cm³/mol. The Bertz CT molecular complexity index is 115. The smallest absolute Gasteiger partial charge is 0.106 e. The predicted octanol–water partition coefficient (Wildman–Crippen LogP) is 0.763. The maximum absolute atomic E-state index is 4.45. The maximum Gasteiger partial charge on any atom is 0.106 e. The minimum atomic E-state index is 0.905. The number of allylic oxidation sites excluding steroid dienone is 2. The Morgan fingerprint density at radius 3 is 2.57 bits per heavy atom. The minimum Gasteiger partial charge on any atom is -0.399 e. The molecule has 1 radical (unpaired) electrons. The van der Waals surface area contributed by atoms with Crippen molar-refractivity contribution in [3.63, 3.8) is 0 Å². The largest absolute Gasteiger partial charge is 0.399 e. The average molecular weight is 96.1 g/mol. The molecule has 0 aliphatic heterocycles. The van der Waals surface area contributed by atoms with Crippen molar-refractivity contribution in [3.8, 4) is 0 Å². The number of hydrogen-bond acceptors (Lipinski definition) is 2. The molecule has 0 fully saturated rings. The van der Waals surface area contributed by atoms with Crippen LogP contribution in [-0.4, -0.2) is 12.8 Å². The molecule has 2 nitrogen and oxygen atoms in total. The highest BCUT2D eigenvalue weighted by molar-refractivity contribution is 6.09. The Morgan fingerprint density at radius 1 is 1.71 bits per heavy atom. The van der Waals surface area contributed by atoms with Crippen LogP contribution in [0.4, 0.5) is 0 Å². The van der Waals surface area contributed by atoms with Crippen LogP contribution >= 0.6 is 0 Å². The number of rotatable bonds is 1. The summed E-state index contributed by atoms with van der Waals surface area (Å²) in [5.74, 6) is 0. The van der Waals surface area contributed by atoms with Crippen molar-refractivity contribution in [2.75, 3.05) is 7.11 Å². The van der Waals surface area contributed by atoms with E-state index in [1.807, 2.05) is 18.6 Å². The zero-order valence-corrected chi connectivity index (χ0v) is 4.09. The first kappa shape index (κ1) is 4.37. The molecule has 0 N–H and O–H groups in total. The van der Waals surface area contributed by atoms with E-state index in [9.17, 15) is 0 Å². The van der Waals surface area contributed by atoms with Gasteiger partial charge >= 0.3 is 0 Å². The molecule has 0 amide bonds. The van der Waals surface area contributed by atoms with E-state index in [2.05, 4.69) is 9.99 Å². The van der Waals surface area contributed by atoms with Gasteiger partial charge in [-0.25, -0.2) is 0 Å². The monoisotopic (exact) mass is 96.0 g/mol. The fraction of sp³-hybridized carbons (Fsp3) is 0.200. The fourth-order valence-corrected chi connectivity index (χ4v) is 0.349. The van der Waals surface area contributed by atoms with E-state index in [1.54, 1.807) is 0 Å². The average Bonchev–Trinajstić information content (AvgIpc) is 1.55. The van der Waals surface area contributed by atoms with Crippen LogP contribution in [0.3, 0.4) is 0 Å². The fourth-order valence-electron chi connectivity index (χ4n) is 0.349. The Kier molecular flexibility index (Phi) is 1.11. The van der Waals surface area contributed by atoms with E-state index in [4.69, 9.17) is 0 Å². The van der Waals surface area contributed by atoms with Crippen LogP contribution < -0.4 is 0 Å². The zero-order chi connectivity index (χ0) is 5.11. The summed E-state index contributed by atoms with van der Waals surface area (Å²) in [6.45, 7) is 0. The lowest BCUT2D eigenvalue weighted by molar-refractivity contribution is 0.213. The lowest BCUT2D eigenvalue weighted by Gasteiger charge is -2.00. The summed E-state index contributed by atoms with van der Waals surface area (Å²) < 4.78 is 0. The van der Waals surface area contributed by atoms with Crippen LogP contribution in [0.1, 0.15) is 0 Å². The third-order valence-electron chi connectivity index (χ3n) is 0.731. The second kappa shape index (κ2) is 1.78. The summed E-state index contributed by atoms with van der Waals surface area (Å²) in [5.41, 5.74) is 0.905. The molecule has 0 heterocycles. The van der Waals surface area contributed by atoms with Gasteiger partial charge in [-0.2, -0.15) is 0 Å². The van der Waals surface area contributed by atoms with Crippen molar-refractivity contribution in [1.82, 2.24) is 0 Å². The van der Waals surface area contributed by atoms with E-state index >= 15 is 0 Å². The molecule has 0 saturated carbocycles. The number of hydrogen-bond donors (Lipinski definition) is 0. The molecule has 37 valence electrons. The lowest BCUT2D eigenvalue weighted by Crippen LogP contribution is -2.01. The van der Waals surface area contributed by atoms with Crippen LogP contribution in [0, 0.1) is 6.42 Å². The van der Waals surface area contributed by atoms with Gasteiger partial charge in [0.15, 0.2) is 0 Å². The lowest BCUT2D eigenvalue weighted by atomic mass is 10.1.